The molecule has 3 aromatic rings. The predicted molar refractivity (Wildman–Crippen MR) is 100 cm³/mol. The van der Waals surface area contributed by atoms with Crippen LogP contribution in [-0.4, -0.2) is 23.0 Å². The van der Waals surface area contributed by atoms with Crippen LogP contribution < -0.4 is 20.3 Å². The van der Waals surface area contributed by atoms with Crippen molar-refractivity contribution in [1.29, 1.82) is 0 Å². The second kappa shape index (κ2) is 8.45. The quantitative estimate of drug-likeness (QED) is 0.573. The maximum Gasteiger partial charge on any atom is 0.269 e. The summed E-state index contributed by atoms with van der Waals surface area (Å²) in [5.74, 6) is -0.261. The molecule has 3 rings (SSSR count). The first-order chi connectivity index (χ1) is 13.0. The molecule has 138 valence electrons. The van der Waals surface area contributed by atoms with Crippen LogP contribution in [0.2, 0.25) is 0 Å². The van der Waals surface area contributed by atoms with Crippen molar-refractivity contribution in [2.24, 2.45) is 0 Å². The fourth-order valence-electron chi connectivity index (χ4n) is 2.06. The van der Waals surface area contributed by atoms with Gasteiger partial charge in [-0.2, -0.15) is 4.98 Å². The van der Waals surface area contributed by atoms with E-state index in [1.54, 1.807) is 30.3 Å². The van der Waals surface area contributed by atoms with Crippen LogP contribution in [0, 0.1) is 5.82 Å². The third-order valence-corrected chi connectivity index (χ3v) is 3.89. The summed E-state index contributed by atoms with van der Waals surface area (Å²) < 4.78 is 25.6. The highest BCUT2D eigenvalue weighted by Crippen LogP contribution is 2.26. The number of aromatic nitrogens is 2. The minimum Gasteiger partial charge on any atom is -0.481 e. The van der Waals surface area contributed by atoms with Gasteiger partial charge in [0.25, 0.3) is 5.91 Å². The molecule has 0 radical (unpaired) electrons. The van der Waals surface area contributed by atoms with Gasteiger partial charge >= 0.3 is 0 Å². The van der Waals surface area contributed by atoms with E-state index in [1.165, 1.54) is 25.4 Å². The number of carbonyl (C=O) groups excluding carboxylic acids is 1. The predicted octanol–water partition coefficient (Wildman–Crippen LogP) is 3.94. The standard InChI is InChI=1S/C18H14BrFN4O3/c1-26-16-8-9-21-18(22-16)24-23-17(25)11-2-7-15(14(20)10-11)27-13-5-3-12(19)4-6-13/h2-10H,1H3,(H,23,25)(H,21,22,24). The van der Waals surface area contributed by atoms with Gasteiger partial charge in [0.2, 0.25) is 11.8 Å². The summed E-state index contributed by atoms with van der Waals surface area (Å²) in [6.45, 7) is 0. The molecule has 0 bridgehead atoms. The molecule has 0 unspecified atom stereocenters. The molecule has 1 heterocycles. The van der Waals surface area contributed by atoms with Gasteiger partial charge in [-0.1, -0.05) is 15.9 Å². The molecule has 0 aliphatic carbocycles. The summed E-state index contributed by atoms with van der Waals surface area (Å²) in [7, 11) is 1.46. The summed E-state index contributed by atoms with van der Waals surface area (Å²) in [4.78, 5) is 20.1. The number of hydrazine groups is 1. The molecule has 0 atom stereocenters. The van der Waals surface area contributed by atoms with Crippen LogP contribution in [0.15, 0.2) is 59.2 Å². The monoisotopic (exact) mass is 432 g/mol. The lowest BCUT2D eigenvalue weighted by Gasteiger charge is -2.10. The van der Waals surface area contributed by atoms with Gasteiger partial charge in [-0.05, 0) is 42.5 Å². The Morgan fingerprint density at radius 3 is 2.63 bits per heavy atom. The highest BCUT2D eigenvalue weighted by Gasteiger charge is 2.12. The van der Waals surface area contributed by atoms with Crippen LogP contribution in [-0.2, 0) is 0 Å². The number of hydrogen-bond donors (Lipinski definition) is 2. The van der Waals surface area contributed by atoms with Crippen LogP contribution in [0.4, 0.5) is 10.3 Å². The first-order valence-corrected chi connectivity index (χ1v) is 8.51. The van der Waals surface area contributed by atoms with Gasteiger partial charge in [0.1, 0.15) is 5.75 Å². The summed E-state index contributed by atoms with van der Waals surface area (Å²) in [5, 5.41) is 0. The Balaban J connectivity index is 1.65. The fourth-order valence-corrected chi connectivity index (χ4v) is 2.32. The van der Waals surface area contributed by atoms with Crippen molar-refractivity contribution < 1.29 is 18.7 Å². The summed E-state index contributed by atoms with van der Waals surface area (Å²) >= 11 is 3.31. The number of benzene rings is 2. The van der Waals surface area contributed by atoms with Crippen molar-refractivity contribution in [2.75, 3.05) is 12.5 Å². The Morgan fingerprint density at radius 2 is 1.93 bits per heavy atom. The lowest BCUT2D eigenvalue weighted by molar-refractivity contribution is 0.0961. The number of anilines is 1. The molecule has 0 saturated heterocycles. The zero-order chi connectivity index (χ0) is 19.2. The van der Waals surface area contributed by atoms with Gasteiger partial charge in [-0.25, -0.2) is 9.37 Å². The van der Waals surface area contributed by atoms with E-state index >= 15 is 0 Å². The second-order valence-corrected chi connectivity index (χ2v) is 6.12. The minimum absolute atomic E-state index is 0.0120. The Morgan fingerprint density at radius 1 is 1.15 bits per heavy atom. The first kappa shape index (κ1) is 18.6. The highest BCUT2D eigenvalue weighted by molar-refractivity contribution is 9.10. The number of amides is 1. The maximum absolute atomic E-state index is 14.3. The smallest absolute Gasteiger partial charge is 0.269 e. The van der Waals surface area contributed by atoms with E-state index in [-0.39, 0.29) is 17.3 Å². The van der Waals surface area contributed by atoms with E-state index < -0.39 is 11.7 Å². The molecular weight excluding hydrogens is 419 g/mol. The SMILES string of the molecule is COc1ccnc(NNC(=O)c2ccc(Oc3ccc(Br)cc3)c(F)c2)n1. The van der Waals surface area contributed by atoms with Crippen LogP contribution in [0.25, 0.3) is 0 Å². The number of ether oxygens (including phenoxy) is 2. The third-order valence-electron chi connectivity index (χ3n) is 3.36. The van der Waals surface area contributed by atoms with Gasteiger partial charge in [0.05, 0.1) is 7.11 Å². The second-order valence-electron chi connectivity index (χ2n) is 5.20. The van der Waals surface area contributed by atoms with E-state index in [0.29, 0.717) is 11.6 Å². The Kier molecular flexibility index (Phi) is 5.82. The zero-order valence-corrected chi connectivity index (χ0v) is 15.7. The Labute approximate surface area is 162 Å². The molecular formula is C18H14BrFN4O3. The Hall–Kier alpha value is -3.20. The molecule has 0 aliphatic rings. The van der Waals surface area contributed by atoms with Gasteiger partial charge in [-0.3, -0.25) is 15.6 Å². The average molecular weight is 433 g/mol. The van der Waals surface area contributed by atoms with E-state index in [9.17, 15) is 9.18 Å². The van der Waals surface area contributed by atoms with Gasteiger partial charge < -0.3 is 9.47 Å². The molecule has 9 heteroatoms. The van der Waals surface area contributed by atoms with E-state index in [4.69, 9.17) is 9.47 Å². The normalized spacial score (nSPS) is 10.2. The van der Waals surface area contributed by atoms with Crippen molar-refractivity contribution in [3.8, 4) is 17.4 Å². The number of nitrogens with one attached hydrogen (secondary N) is 2. The van der Waals surface area contributed by atoms with Crippen molar-refractivity contribution in [1.82, 2.24) is 15.4 Å². The summed E-state index contributed by atoms with van der Waals surface area (Å²) in [6, 6.07) is 12.4. The van der Waals surface area contributed by atoms with Gasteiger partial charge in [0, 0.05) is 22.3 Å². The topological polar surface area (TPSA) is 85.4 Å². The maximum atomic E-state index is 14.3. The highest BCUT2D eigenvalue weighted by atomic mass is 79.9. The number of nitrogens with zero attached hydrogens (tertiary/aromatic N) is 2. The number of rotatable bonds is 6. The van der Waals surface area contributed by atoms with E-state index in [2.05, 4.69) is 36.7 Å². The molecule has 1 amide bonds. The van der Waals surface area contributed by atoms with Crippen molar-refractivity contribution in [2.45, 2.75) is 0 Å². The van der Waals surface area contributed by atoms with Crippen LogP contribution in [0.1, 0.15) is 10.4 Å². The van der Waals surface area contributed by atoms with E-state index in [1.807, 2.05) is 0 Å². The summed E-state index contributed by atoms with van der Waals surface area (Å²) in [6.07, 6.45) is 1.47. The largest absolute Gasteiger partial charge is 0.481 e. The fraction of sp³-hybridized carbons (Fsp3) is 0.0556. The molecule has 2 N–H and O–H groups in total. The minimum atomic E-state index is -0.664. The zero-order valence-electron chi connectivity index (χ0n) is 14.1. The molecule has 0 fully saturated rings. The lowest BCUT2D eigenvalue weighted by atomic mass is 10.2. The molecule has 1 aromatic heterocycles. The molecule has 27 heavy (non-hydrogen) atoms. The molecule has 2 aromatic carbocycles. The molecule has 0 spiro atoms. The number of methoxy groups -OCH3 is 1. The molecule has 0 aliphatic heterocycles. The van der Waals surface area contributed by atoms with Crippen molar-refractivity contribution >= 4 is 27.8 Å². The number of halogens is 2. The Bertz CT molecular complexity index is 954. The van der Waals surface area contributed by atoms with Crippen molar-refractivity contribution in [3.63, 3.8) is 0 Å². The molecule has 0 saturated carbocycles. The number of hydrogen-bond acceptors (Lipinski definition) is 6. The average Bonchev–Trinajstić information content (AvgIpc) is 2.69. The van der Waals surface area contributed by atoms with Gasteiger partial charge in [-0.15, -0.1) is 0 Å². The van der Waals surface area contributed by atoms with Crippen LogP contribution in [0.5, 0.6) is 17.4 Å². The third kappa shape index (κ3) is 4.91. The van der Waals surface area contributed by atoms with Crippen molar-refractivity contribution in [3.05, 3.63) is 70.6 Å². The summed E-state index contributed by atoms with van der Waals surface area (Å²) in [5.41, 5.74) is 5.03. The van der Waals surface area contributed by atoms with E-state index in [0.717, 1.165) is 10.5 Å². The molecule has 7 nitrogen and oxygen atoms in total. The van der Waals surface area contributed by atoms with Crippen LogP contribution >= 0.6 is 15.9 Å². The van der Waals surface area contributed by atoms with Crippen LogP contribution in [0.3, 0.4) is 0 Å². The number of carbonyl (C=O) groups is 1. The lowest BCUT2D eigenvalue weighted by Crippen LogP contribution is -2.30. The first-order valence-electron chi connectivity index (χ1n) is 7.71. The van der Waals surface area contributed by atoms with Gasteiger partial charge in [0.15, 0.2) is 11.6 Å².